The third kappa shape index (κ3) is 4.46. The third-order valence-electron chi connectivity index (χ3n) is 3.99. The van der Waals surface area contributed by atoms with Crippen LogP contribution in [-0.2, 0) is 11.8 Å². The van der Waals surface area contributed by atoms with Crippen molar-refractivity contribution in [3.63, 3.8) is 0 Å². The molecule has 0 aliphatic carbocycles. The number of aromatic nitrogens is 1. The normalized spacial score (nSPS) is 12.0. The zero-order valence-corrected chi connectivity index (χ0v) is 16.5. The first-order valence-electron chi connectivity index (χ1n) is 8.74. The first-order valence-corrected chi connectivity index (χ1v) is 9.56. The number of thiazole rings is 1. The van der Waals surface area contributed by atoms with Crippen molar-refractivity contribution in [1.29, 1.82) is 0 Å². The Kier molecular flexibility index (Phi) is 6.08. The number of carbonyl (C=O) groups is 1. The minimum atomic E-state index is -0.303. The number of hydrogen-bond acceptors (Lipinski definition) is 4. The summed E-state index contributed by atoms with van der Waals surface area (Å²) in [6.45, 7) is 2.68. The van der Waals surface area contributed by atoms with Crippen LogP contribution in [0.1, 0.15) is 18.9 Å². The van der Waals surface area contributed by atoms with E-state index in [4.69, 9.17) is 9.47 Å². The van der Waals surface area contributed by atoms with E-state index >= 15 is 0 Å². The Bertz CT molecular complexity index is 1050. The van der Waals surface area contributed by atoms with Crippen molar-refractivity contribution in [2.75, 3.05) is 13.7 Å². The van der Waals surface area contributed by atoms with Gasteiger partial charge < -0.3 is 14.0 Å². The molecule has 0 spiro atoms. The lowest BCUT2D eigenvalue weighted by molar-refractivity contribution is -0.113. The molecule has 0 fully saturated rings. The molecular formula is C21H22N2O3S. The smallest absolute Gasteiger partial charge is 0.272 e. The van der Waals surface area contributed by atoms with E-state index in [0.29, 0.717) is 22.9 Å². The van der Waals surface area contributed by atoms with E-state index in [1.54, 1.807) is 13.2 Å². The second-order valence-electron chi connectivity index (χ2n) is 5.95. The van der Waals surface area contributed by atoms with Crippen molar-refractivity contribution in [1.82, 2.24) is 4.57 Å². The number of para-hydroxylation sites is 1. The number of aryl methyl sites for hydroxylation is 1. The summed E-state index contributed by atoms with van der Waals surface area (Å²) in [5, 5.41) is 0. The highest BCUT2D eigenvalue weighted by Crippen LogP contribution is 2.28. The molecule has 1 amide bonds. The average molecular weight is 382 g/mol. The fraction of sp³-hybridized carbons (Fsp3) is 0.238. The topological polar surface area (TPSA) is 52.8 Å². The van der Waals surface area contributed by atoms with Gasteiger partial charge in [-0.25, -0.2) is 0 Å². The summed E-state index contributed by atoms with van der Waals surface area (Å²) in [4.78, 5) is 17.1. The van der Waals surface area contributed by atoms with E-state index in [1.807, 2.05) is 54.1 Å². The number of benzene rings is 2. The Hall–Kier alpha value is -2.86. The highest BCUT2D eigenvalue weighted by molar-refractivity contribution is 7.16. The molecule has 0 saturated heterocycles. The summed E-state index contributed by atoms with van der Waals surface area (Å²) in [6.07, 6.45) is 4.12. The predicted octanol–water partition coefficient (Wildman–Crippen LogP) is 4.18. The lowest BCUT2D eigenvalue weighted by Gasteiger charge is -2.10. The van der Waals surface area contributed by atoms with E-state index in [9.17, 15) is 4.79 Å². The number of amides is 1. The van der Waals surface area contributed by atoms with Gasteiger partial charge in [0.25, 0.3) is 5.91 Å². The molecule has 1 aromatic heterocycles. The maximum Gasteiger partial charge on any atom is 0.272 e. The largest absolute Gasteiger partial charge is 0.493 e. The molecular weight excluding hydrogens is 360 g/mol. The fourth-order valence-corrected chi connectivity index (χ4v) is 3.63. The molecule has 0 unspecified atom stereocenters. The summed E-state index contributed by atoms with van der Waals surface area (Å²) in [7, 11) is 3.51. The molecule has 140 valence electrons. The standard InChI is InChI=1S/C21H22N2O3S/c1-4-13-26-17-11-9-15(14-18(17)25-3)10-12-20(24)22-21-23(2)16-7-5-6-8-19(16)27-21/h5-12,14H,4,13H2,1-3H3/b12-10+,22-21?. The van der Waals surface area contributed by atoms with Crippen LogP contribution in [0.2, 0.25) is 0 Å². The van der Waals surface area contributed by atoms with Crippen LogP contribution in [-0.4, -0.2) is 24.2 Å². The lowest BCUT2D eigenvalue weighted by atomic mass is 10.2. The van der Waals surface area contributed by atoms with Gasteiger partial charge in [0.2, 0.25) is 0 Å². The van der Waals surface area contributed by atoms with Gasteiger partial charge in [-0.2, -0.15) is 4.99 Å². The molecule has 3 rings (SSSR count). The Balaban J connectivity index is 1.80. The van der Waals surface area contributed by atoms with Crippen molar-refractivity contribution >= 4 is 33.5 Å². The van der Waals surface area contributed by atoms with Gasteiger partial charge in [0.05, 0.1) is 23.9 Å². The van der Waals surface area contributed by atoms with E-state index in [2.05, 4.69) is 11.9 Å². The van der Waals surface area contributed by atoms with Crippen LogP contribution in [0.5, 0.6) is 11.5 Å². The van der Waals surface area contributed by atoms with Crippen molar-refractivity contribution in [2.45, 2.75) is 13.3 Å². The van der Waals surface area contributed by atoms with Crippen molar-refractivity contribution < 1.29 is 14.3 Å². The van der Waals surface area contributed by atoms with E-state index in [1.165, 1.54) is 17.4 Å². The van der Waals surface area contributed by atoms with Crippen LogP contribution >= 0.6 is 11.3 Å². The average Bonchev–Trinajstić information content (AvgIpc) is 3.00. The SMILES string of the molecule is CCCOc1ccc(/C=C/C(=O)N=c2sc3ccccc3n2C)cc1OC. The van der Waals surface area contributed by atoms with Gasteiger partial charge in [-0.15, -0.1) is 0 Å². The van der Waals surface area contributed by atoms with Gasteiger partial charge in [0, 0.05) is 13.1 Å². The predicted molar refractivity (Wildman–Crippen MR) is 109 cm³/mol. The molecule has 2 aromatic carbocycles. The Labute approximate surface area is 162 Å². The minimum absolute atomic E-state index is 0.303. The second-order valence-corrected chi connectivity index (χ2v) is 6.96. The maximum absolute atomic E-state index is 12.3. The van der Waals surface area contributed by atoms with Crippen LogP contribution in [0.25, 0.3) is 16.3 Å². The number of methoxy groups -OCH3 is 1. The fourth-order valence-electron chi connectivity index (χ4n) is 2.61. The van der Waals surface area contributed by atoms with Gasteiger partial charge in [-0.1, -0.05) is 36.5 Å². The van der Waals surface area contributed by atoms with Gasteiger partial charge in [-0.3, -0.25) is 4.79 Å². The Morgan fingerprint density at radius 2 is 2.04 bits per heavy atom. The molecule has 3 aromatic rings. The number of rotatable bonds is 6. The molecule has 0 aliphatic heterocycles. The second kappa shape index (κ2) is 8.68. The Morgan fingerprint density at radius 1 is 1.22 bits per heavy atom. The zero-order chi connectivity index (χ0) is 19.2. The van der Waals surface area contributed by atoms with Crippen LogP contribution in [0.3, 0.4) is 0 Å². The number of carbonyl (C=O) groups excluding carboxylic acids is 1. The summed E-state index contributed by atoms with van der Waals surface area (Å²) in [6, 6.07) is 13.6. The number of nitrogens with zero attached hydrogens (tertiary/aromatic N) is 2. The Morgan fingerprint density at radius 3 is 2.78 bits per heavy atom. The first kappa shape index (κ1) is 18.9. The monoisotopic (exact) mass is 382 g/mol. The minimum Gasteiger partial charge on any atom is -0.493 e. The molecule has 1 heterocycles. The number of hydrogen-bond donors (Lipinski definition) is 0. The number of ether oxygens (including phenoxy) is 2. The molecule has 0 N–H and O–H groups in total. The van der Waals surface area contributed by atoms with Crippen LogP contribution in [0.15, 0.2) is 53.5 Å². The highest BCUT2D eigenvalue weighted by Gasteiger charge is 2.05. The molecule has 0 atom stereocenters. The van der Waals surface area contributed by atoms with Crippen LogP contribution in [0.4, 0.5) is 0 Å². The van der Waals surface area contributed by atoms with Gasteiger partial charge in [-0.05, 0) is 42.3 Å². The summed E-state index contributed by atoms with van der Waals surface area (Å²) < 4.78 is 14.0. The molecule has 5 nitrogen and oxygen atoms in total. The quantitative estimate of drug-likeness (QED) is 0.601. The summed E-state index contributed by atoms with van der Waals surface area (Å²) >= 11 is 1.49. The molecule has 6 heteroatoms. The van der Waals surface area contributed by atoms with E-state index in [-0.39, 0.29) is 5.91 Å². The number of fused-ring (bicyclic) bond motifs is 1. The van der Waals surface area contributed by atoms with Gasteiger partial charge in [0.15, 0.2) is 16.3 Å². The third-order valence-corrected chi connectivity index (χ3v) is 5.10. The van der Waals surface area contributed by atoms with Crippen LogP contribution in [0, 0.1) is 0 Å². The lowest BCUT2D eigenvalue weighted by Crippen LogP contribution is -2.12. The molecule has 0 aliphatic rings. The maximum atomic E-state index is 12.3. The van der Waals surface area contributed by atoms with E-state index in [0.717, 1.165) is 22.2 Å². The zero-order valence-electron chi connectivity index (χ0n) is 15.6. The van der Waals surface area contributed by atoms with Crippen molar-refractivity contribution in [3.05, 3.63) is 58.9 Å². The highest BCUT2D eigenvalue weighted by atomic mass is 32.1. The summed E-state index contributed by atoms with van der Waals surface area (Å²) in [5.41, 5.74) is 1.91. The van der Waals surface area contributed by atoms with Gasteiger partial charge >= 0.3 is 0 Å². The van der Waals surface area contributed by atoms with Gasteiger partial charge in [0.1, 0.15) is 0 Å². The molecule has 0 bridgehead atoms. The molecule has 0 radical (unpaired) electrons. The summed E-state index contributed by atoms with van der Waals surface area (Å²) in [5.74, 6) is 1.04. The molecule has 27 heavy (non-hydrogen) atoms. The van der Waals surface area contributed by atoms with Crippen molar-refractivity contribution in [2.24, 2.45) is 12.0 Å². The first-order chi connectivity index (χ1) is 13.1. The molecule has 0 saturated carbocycles. The van der Waals surface area contributed by atoms with Crippen LogP contribution < -0.4 is 14.3 Å². The van der Waals surface area contributed by atoms with E-state index < -0.39 is 0 Å². The van der Waals surface area contributed by atoms with Crippen molar-refractivity contribution in [3.8, 4) is 11.5 Å².